The molecule has 8 heteroatoms. The normalized spacial score (nSPS) is 12.4. The highest BCUT2D eigenvalue weighted by atomic mass is 16.7. The van der Waals surface area contributed by atoms with Gasteiger partial charge in [0.1, 0.15) is 12.4 Å². The van der Waals surface area contributed by atoms with Gasteiger partial charge in [0.2, 0.25) is 6.79 Å². The zero-order valence-corrected chi connectivity index (χ0v) is 17.6. The molecule has 0 unspecified atom stereocenters. The Bertz CT molecular complexity index is 881. The fraction of sp³-hybridized carbons (Fsp3) is 0.364. The van der Waals surface area contributed by atoms with Crippen LogP contribution in [0.4, 0.5) is 0 Å². The zero-order valence-electron chi connectivity index (χ0n) is 17.6. The number of benzene rings is 2. The lowest BCUT2D eigenvalue weighted by Gasteiger charge is -2.13. The molecule has 1 aliphatic heterocycles. The smallest absolute Gasteiger partial charge is 0.253 e. The number of nitrogens with one attached hydrogen (secondary N) is 2. The second-order valence-corrected chi connectivity index (χ2v) is 6.88. The van der Waals surface area contributed by atoms with E-state index in [0.29, 0.717) is 37.0 Å². The largest absolute Gasteiger partial charge is 0.492 e. The van der Waals surface area contributed by atoms with Gasteiger partial charge in [-0.15, -0.1) is 0 Å². The Labute approximate surface area is 176 Å². The summed E-state index contributed by atoms with van der Waals surface area (Å²) in [5.74, 6) is 2.87. The molecule has 2 aromatic rings. The molecule has 0 aromatic heterocycles. The minimum atomic E-state index is -0.0116. The average Bonchev–Trinajstić information content (AvgIpc) is 3.22. The van der Waals surface area contributed by atoms with Crippen molar-refractivity contribution in [3.8, 4) is 17.2 Å². The zero-order chi connectivity index (χ0) is 21.3. The first-order valence-corrected chi connectivity index (χ1v) is 9.92. The van der Waals surface area contributed by atoms with Crippen LogP contribution in [0.2, 0.25) is 0 Å². The molecule has 2 N–H and O–H groups in total. The topological polar surface area (TPSA) is 84.4 Å². The Morgan fingerprint density at radius 1 is 1.10 bits per heavy atom. The second-order valence-electron chi connectivity index (χ2n) is 6.88. The van der Waals surface area contributed by atoms with Crippen molar-refractivity contribution in [1.82, 2.24) is 15.5 Å². The predicted molar refractivity (Wildman–Crippen MR) is 115 cm³/mol. The number of carbonyl (C=O) groups is 1. The third-order valence-corrected chi connectivity index (χ3v) is 4.38. The van der Waals surface area contributed by atoms with Gasteiger partial charge in [-0.1, -0.05) is 12.1 Å². The molecule has 0 bridgehead atoms. The van der Waals surface area contributed by atoms with Gasteiger partial charge in [0.25, 0.3) is 5.91 Å². The molecule has 1 heterocycles. The molecule has 0 saturated carbocycles. The fourth-order valence-corrected chi connectivity index (χ4v) is 2.83. The summed E-state index contributed by atoms with van der Waals surface area (Å²) in [5, 5.41) is 6.47. The first-order valence-electron chi connectivity index (χ1n) is 9.92. The number of ether oxygens (including phenoxy) is 3. The van der Waals surface area contributed by atoms with Crippen LogP contribution in [0.25, 0.3) is 0 Å². The summed E-state index contributed by atoms with van der Waals surface area (Å²) in [6.07, 6.45) is 0. The number of rotatable bonds is 8. The molecular formula is C22H28N4O4. The molecule has 1 amide bonds. The molecule has 0 radical (unpaired) electrons. The van der Waals surface area contributed by atoms with Crippen molar-refractivity contribution in [3.63, 3.8) is 0 Å². The van der Waals surface area contributed by atoms with E-state index in [4.69, 9.17) is 14.2 Å². The van der Waals surface area contributed by atoms with Gasteiger partial charge >= 0.3 is 0 Å². The van der Waals surface area contributed by atoms with E-state index in [1.54, 1.807) is 19.0 Å². The van der Waals surface area contributed by atoms with E-state index in [-0.39, 0.29) is 12.7 Å². The molecule has 0 spiro atoms. The van der Waals surface area contributed by atoms with Crippen LogP contribution in [-0.2, 0) is 6.54 Å². The fourth-order valence-electron chi connectivity index (χ4n) is 2.83. The van der Waals surface area contributed by atoms with Gasteiger partial charge in [0.15, 0.2) is 17.5 Å². The standard InChI is InChI=1S/C22H28N4O4/c1-4-23-22(25-14-16-5-7-17(8-6-16)21(27)26(2)3)24-11-12-28-18-9-10-19-20(13-18)30-15-29-19/h5-10,13H,4,11-12,14-15H2,1-3H3,(H2,23,24,25). The van der Waals surface area contributed by atoms with Crippen molar-refractivity contribution in [2.24, 2.45) is 4.99 Å². The first-order chi connectivity index (χ1) is 14.6. The van der Waals surface area contributed by atoms with E-state index >= 15 is 0 Å². The summed E-state index contributed by atoms with van der Waals surface area (Å²) in [4.78, 5) is 18.1. The van der Waals surface area contributed by atoms with Crippen LogP contribution in [0.3, 0.4) is 0 Å². The maximum absolute atomic E-state index is 12.0. The van der Waals surface area contributed by atoms with E-state index in [1.165, 1.54) is 0 Å². The van der Waals surface area contributed by atoms with Crippen LogP contribution in [0, 0.1) is 0 Å². The lowest BCUT2D eigenvalue weighted by molar-refractivity contribution is 0.0827. The van der Waals surface area contributed by atoms with Crippen LogP contribution in [0.15, 0.2) is 47.5 Å². The Morgan fingerprint density at radius 3 is 2.60 bits per heavy atom. The number of hydrogen-bond acceptors (Lipinski definition) is 5. The molecule has 8 nitrogen and oxygen atoms in total. The summed E-state index contributed by atoms with van der Waals surface area (Å²) >= 11 is 0. The molecule has 1 aliphatic rings. The maximum Gasteiger partial charge on any atom is 0.253 e. The van der Waals surface area contributed by atoms with E-state index in [2.05, 4.69) is 15.6 Å². The average molecular weight is 412 g/mol. The highest BCUT2D eigenvalue weighted by Crippen LogP contribution is 2.34. The number of hydrogen-bond donors (Lipinski definition) is 2. The highest BCUT2D eigenvalue weighted by Gasteiger charge is 2.13. The minimum Gasteiger partial charge on any atom is -0.492 e. The van der Waals surface area contributed by atoms with E-state index in [9.17, 15) is 4.79 Å². The number of carbonyl (C=O) groups excluding carboxylic acids is 1. The Kier molecular flexibility index (Phi) is 7.37. The summed E-state index contributed by atoms with van der Waals surface area (Å²) in [7, 11) is 3.48. The Hall–Kier alpha value is -3.42. The summed E-state index contributed by atoms with van der Waals surface area (Å²) in [6.45, 7) is 4.60. The third kappa shape index (κ3) is 5.79. The number of amides is 1. The number of fused-ring (bicyclic) bond motifs is 1. The monoisotopic (exact) mass is 412 g/mol. The van der Waals surface area contributed by atoms with Crippen molar-refractivity contribution in [3.05, 3.63) is 53.6 Å². The number of guanidine groups is 1. The highest BCUT2D eigenvalue weighted by molar-refractivity contribution is 5.93. The summed E-state index contributed by atoms with van der Waals surface area (Å²) in [6, 6.07) is 13.0. The second kappa shape index (κ2) is 10.4. The van der Waals surface area contributed by atoms with Crippen LogP contribution in [-0.4, -0.2) is 57.4 Å². The van der Waals surface area contributed by atoms with Gasteiger partial charge in [0.05, 0.1) is 13.1 Å². The van der Waals surface area contributed by atoms with Crippen molar-refractivity contribution in [2.75, 3.05) is 40.6 Å². The molecule has 0 fully saturated rings. The molecular weight excluding hydrogens is 384 g/mol. The molecule has 2 aromatic carbocycles. The van der Waals surface area contributed by atoms with Gasteiger partial charge in [-0.3, -0.25) is 4.79 Å². The van der Waals surface area contributed by atoms with Gasteiger partial charge in [-0.05, 0) is 36.8 Å². The number of nitrogens with zero attached hydrogens (tertiary/aromatic N) is 2. The predicted octanol–water partition coefficient (Wildman–Crippen LogP) is 2.25. The molecule has 160 valence electrons. The van der Waals surface area contributed by atoms with Crippen molar-refractivity contribution < 1.29 is 19.0 Å². The van der Waals surface area contributed by atoms with E-state index in [1.807, 2.05) is 49.4 Å². The van der Waals surface area contributed by atoms with Crippen LogP contribution in [0.1, 0.15) is 22.8 Å². The van der Waals surface area contributed by atoms with Gasteiger partial charge in [-0.25, -0.2) is 4.99 Å². The molecule has 0 saturated heterocycles. The Balaban J connectivity index is 1.47. The summed E-state index contributed by atoms with van der Waals surface area (Å²) < 4.78 is 16.4. The quantitative estimate of drug-likeness (QED) is 0.393. The maximum atomic E-state index is 12.0. The molecule has 0 atom stereocenters. The van der Waals surface area contributed by atoms with Crippen molar-refractivity contribution in [1.29, 1.82) is 0 Å². The van der Waals surface area contributed by atoms with E-state index in [0.717, 1.165) is 23.6 Å². The van der Waals surface area contributed by atoms with Crippen LogP contribution >= 0.6 is 0 Å². The van der Waals surface area contributed by atoms with E-state index < -0.39 is 0 Å². The SMILES string of the molecule is CCNC(=NCc1ccc(C(=O)N(C)C)cc1)NCCOc1ccc2c(c1)OCO2. The summed E-state index contributed by atoms with van der Waals surface area (Å²) in [5.41, 5.74) is 1.69. The Morgan fingerprint density at radius 2 is 1.87 bits per heavy atom. The van der Waals surface area contributed by atoms with Gasteiger partial charge in [0, 0.05) is 32.3 Å². The minimum absolute atomic E-state index is 0.0116. The molecule has 30 heavy (non-hydrogen) atoms. The molecule has 0 aliphatic carbocycles. The van der Waals surface area contributed by atoms with Crippen LogP contribution < -0.4 is 24.8 Å². The number of aliphatic imine (C=N–C) groups is 1. The van der Waals surface area contributed by atoms with Gasteiger partial charge < -0.3 is 29.7 Å². The lowest BCUT2D eigenvalue weighted by Crippen LogP contribution is -2.39. The molecule has 3 rings (SSSR count). The van der Waals surface area contributed by atoms with Gasteiger partial charge in [-0.2, -0.15) is 0 Å². The van der Waals surface area contributed by atoms with Crippen LogP contribution in [0.5, 0.6) is 17.2 Å². The lowest BCUT2D eigenvalue weighted by atomic mass is 10.1. The van der Waals surface area contributed by atoms with Crippen molar-refractivity contribution >= 4 is 11.9 Å². The van der Waals surface area contributed by atoms with Crippen molar-refractivity contribution in [2.45, 2.75) is 13.5 Å². The third-order valence-electron chi connectivity index (χ3n) is 4.38. The first kappa shape index (κ1) is 21.3.